The van der Waals surface area contributed by atoms with Crippen molar-refractivity contribution in [2.24, 2.45) is 11.8 Å². The molecular weight excluding hydrogens is 386 g/mol. The highest BCUT2D eigenvalue weighted by Crippen LogP contribution is 2.64. The number of para-hydroxylation sites is 1. The minimum absolute atomic E-state index is 0.0895. The van der Waals surface area contributed by atoms with Crippen LogP contribution in [0.3, 0.4) is 0 Å². The fourth-order valence-electron chi connectivity index (χ4n) is 6.42. The van der Waals surface area contributed by atoms with Crippen LogP contribution in [0, 0.1) is 18.8 Å². The molecule has 1 aliphatic heterocycles. The normalized spacial score (nSPS) is 27.7. The summed E-state index contributed by atoms with van der Waals surface area (Å²) in [7, 11) is 0. The molecular formula is C27H21NO3. The van der Waals surface area contributed by atoms with Gasteiger partial charge in [-0.2, -0.15) is 0 Å². The summed E-state index contributed by atoms with van der Waals surface area (Å²) >= 11 is 0. The van der Waals surface area contributed by atoms with Gasteiger partial charge in [0.2, 0.25) is 11.8 Å². The van der Waals surface area contributed by atoms with Gasteiger partial charge in [-0.15, -0.1) is 0 Å². The largest absolute Gasteiger partial charge is 0.299 e. The van der Waals surface area contributed by atoms with Gasteiger partial charge in [0, 0.05) is 5.92 Å². The number of imide groups is 1. The minimum Gasteiger partial charge on any atom is -0.299 e. The van der Waals surface area contributed by atoms with E-state index in [9.17, 15) is 14.4 Å². The Morgan fingerprint density at radius 3 is 1.94 bits per heavy atom. The molecule has 31 heavy (non-hydrogen) atoms. The second-order valence-electron chi connectivity index (χ2n) is 8.82. The molecule has 0 radical (unpaired) electrons. The number of anilines is 1. The van der Waals surface area contributed by atoms with E-state index in [0.29, 0.717) is 5.69 Å². The van der Waals surface area contributed by atoms with E-state index in [2.05, 4.69) is 0 Å². The highest BCUT2D eigenvalue weighted by Gasteiger charge is 2.70. The number of Topliss-reactive ketones (excluding diaryl/α,β-unsaturated/α-hetero) is 1. The van der Waals surface area contributed by atoms with E-state index < -0.39 is 17.3 Å². The Kier molecular flexibility index (Phi) is 3.54. The summed E-state index contributed by atoms with van der Waals surface area (Å²) in [4.78, 5) is 42.7. The van der Waals surface area contributed by atoms with Crippen LogP contribution in [0.15, 0.2) is 72.8 Å². The summed E-state index contributed by atoms with van der Waals surface area (Å²) in [6.07, 6.45) is 0. The van der Waals surface area contributed by atoms with Crippen LogP contribution in [-0.2, 0) is 19.8 Å². The van der Waals surface area contributed by atoms with E-state index in [1.807, 2.05) is 79.7 Å². The van der Waals surface area contributed by atoms with Gasteiger partial charge < -0.3 is 0 Å². The van der Waals surface area contributed by atoms with Crippen molar-refractivity contribution in [2.75, 3.05) is 4.90 Å². The van der Waals surface area contributed by atoms with Gasteiger partial charge in [-0.05, 0) is 47.7 Å². The Morgan fingerprint density at radius 1 is 0.806 bits per heavy atom. The molecule has 0 unspecified atom stereocenters. The standard InChI is InChI=1S/C27H21NO3/c1-15-9-3-8-14-21(15)28-25(30)23-22-17-10-4-6-12-19(17)27(16(2)29,24(23)26(28)31)20-13-7-5-11-18(20)22/h3-14,22-24H,1-2H3/t22?,23-,24-,27?/m0/s1. The van der Waals surface area contributed by atoms with E-state index >= 15 is 0 Å². The first-order chi connectivity index (χ1) is 15.0. The zero-order chi connectivity index (χ0) is 21.5. The number of carbonyl (C=O) groups is 3. The molecule has 1 saturated heterocycles. The number of hydrogen-bond acceptors (Lipinski definition) is 3. The number of amides is 2. The molecule has 1 fully saturated rings. The van der Waals surface area contributed by atoms with E-state index in [0.717, 1.165) is 27.8 Å². The smallest absolute Gasteiger partial charge is 0.239 e. The molecule has 2 atom stereocenters. The summed E-state index contributed by atoms with van der Waals surface area (Å²) in [6.45, 7) is 3.46. The topological polar surface area (TPSA) is 54.5 Å². The van der Waals surface area contributed by atoms with Crippen molar-refractivity contribution in [3.05, 3.63) is 101 Å². The molecule has 2 bridgehead atoms. The molecule has 4 nitrogen and oxygen atoms in total. The van der Waals surface area contributed by atoms with Crippen LogP contribution in [-0.4, -0.2) is 17.6 Å². The molecule has 7 rings (SSSR count). The van der Waals surface area contributed by atoms with Crippen LogP contribution in [0.4, 0.5) is 5.69 Å². The maximum Gasteiger partial charge on any atom is 0.239 e. The average Bonchev–Trinajstić information content (AvgIpc) is 3.05. The predicted molar refractivity (Wildman–Crippen MR) is 117 cm³/mol. The van der Waals surface area contributed by atoms with Gasteiger partial charge in [0.25, 0.3) is 0 Å². The zero-order valence-electron chi connectivity index (χ0n) is 17.3. The lowest BCUT2D eigenvalue weighted by atomic mass is 9.46. The van der Waals surface area contributed by atoms with Crippen molar-refractivity contribution in [2.45, 2.75) is 25.2 Å². The van der Waals surface area contributed by atoms with Crippen LogP contribution < -0.4 is 4.90 Å². The van der Waals surface area contributed by atoms with E-state index in [4.69, 9.17) is 0 Å². The number of hydrogen-bond donors (Lipinski definition) is 0. The van der Waals surface area contributed by atoms with Gasteiger partial charge in [0.1, 0.15) is 5.78 Å². The highest BCUT2D eigenvalue weighted by molar-refractivity contribution is 6.25. The first-order valence-corrected chi connectivity index (χ1v) is 10.6. The molecule has 4 aliphatic rings. The minimum atomic E-state index is -1.14. The third-order valence-corrected chi connectivity index (χ3v) is 7.53. The van der Waals surface area contributed by atoms with Crippen LogP contribution in [0.2, 0.25) is 0 Å². The summed E-state index contributed by atoms with van der Waals surface area (Å²) in [6, 6.07) is 23.1. The molecule has 0 spiro atoms. The summed E-state index contributed by atoms with van der Waals surface area (Å²) in [5.41, 5.74) is 4.06. The molecule has 1 heterocycles. The number of ketones is 1. The fraction of sp³-hybridized carbons (Fsp3) is 0.222. The maximum atomic E-state index is 14.0. The van der Waals surface area contributed by atoms with E-state index in [1.165, 1.54) is 4.90 Å². The Balaban J connectivity index is 1.69. The third-order valence-electron chi connectivity index (χ3n) is 7.53. The SMILES string of the molecule is CC(=O)C12c3ccccc3C(c3ccccc31)[C@@H]1C(=O)N(c3ccccc3C)C(=O)[C@H]12. The molecule has 3 aromatic rings. The lowest BCUT2D eigenvalue weighted by Crippen LogP contribution is -2.57. The third kappa shape index (κ3) is 1.98. The van der Waals surface area contributed by atoms with Gasteiger partial charge in [-0.25, -0.2) is 4.90 Å². The van der Waals surface area contributed by atoms with Gasteiger partial charge >= 0.3 is 0 Å². The van der Waals surface area contributed by atoms with Crippen LogP contribution in [0.25, 0.3) is 0 Å². The predicted octanol–water partition coefficient (Wildman–Crippen LogP) is 4.13. The quantitative estimate of drug-likeness (QED) is 0.600. The summed E-state index contributed by atoms with van der Waals surface area (Å²) < 4.78 is 0. The van der Waals surface area contributed by atoms with Crippen molar-refractivity contribution in [3.63, 3.8) is 0 Å². The number of benzene rings is 3. The number of aryl methyl sites for hydroxylation is 1. The lowest BCUT2D eigenvalue weighted by molar-refractivity contribution is -0.132. The molecule has 2 amide bonds. The van der Waals surface area contributed by atoms with E-state index in [1.54, 1.807) is 6.92 Å². The van der Waals surface area contributed by atoms with E-state index in [-0.39, 0.29) is 23.5 Å². The maximum absolute atomic E-state index is 14.0. The highest BCUT2D eigenvalue weighted by atomic mass is 16.2. The molecule has 152 valence electrons. The van der Waals surface area contributed by atoms with Crippen LogP contribution >= 0.6 is 0 Å². The first-order valence-electron chi connectivity index (χ1n) is 10.6. The molecule has 0 N–H and O–H groups in total. The second kappa shape index (κ2) is 6.01. The summed E-state index contributed by atoms with van der Waals surface area (Å²) in [5.74, 6) is -2.11. The molecule has 4 heteroatoms. The van der Waals surface area contributed by atoms with Gasteiger partial charge in [0.15, 0.2) is 0 Å². The van der Waals surface area contributed by atoms with Gasteiger partial charge in [-0.3, -0.25) is 14.4 Å². The van der Waals surface area contributed by atoms with Crippen molar-refractivity contribution < 1.29 is 14.4 Å². The fourth-order valence-corrected chi connectivity index (χ4v) is 6.42. The molecule has 0 saturated carbocycles. The van der Waals surface area contributed by atoms with Crippen molar-refractivity contribution in [1.29, 1.82) is 0 Å². The number of carbonyl (C=O) groups excluding carboxylic acids is 3. The zero-order valence-corrected chi connectivity index (χ0v) is 17.3. The molecule has 3 aliphatic carbocycles. The molecule has 0 aromatic heterocycles. The first kappa shape index (κ1) is 18.3. The Bertz CT molecular complexity index is 1260. The van der Waals surface area contributed by atoms with Crippen molar-refractivity contribution in [1.82, 2.24) is 0 Å². The second-order valence-corrected chi connectivity index (χ2v) is 8.82. The number of rotatable bonds is 2. The Hall–Kier alpha value is -3.53. The lowest BCUT2D eigenvalue weighted by Gasteiger charge is -2.52. The average molecular weight is 407 g/mol. The van der Waals surface area contributed by atoms with Crippen molar-refractivity contribution in [3.8, 4) is 0 Å². The Morgan fingerprint density at radius 2 is 1.35 bits per heavy atom. The van der Waals surface area contributed by atoms with Gasteiger partial charge in [0.05, 0.1) is 22.9 Å². The Labute approximate surface area is 180 Å². The number of nitrogens with zero attached hydrogens (tertiary/aromatic N) is 1. The molecule has 3 aromatic carbocycles. The van der Waals surface area contributed by atoms with Crippen LogP contribution in [0.5, 0.6) is 0 Å². The monoisotopic (exact) mass is 407 g/mol. The summed E-state index contributed by atoms with van der Waals surface area (Å²) in [5, 5.41) is 0. The van der Waals surface area contributed by atoms with Crippen molar-refractivity contribution >= 4 is 23.3 Å². The van der Waals surface area contributed by atoms with Gasteiger partial charge in [-0.1, -0.05) is 66.7 Å². The van der Waals surface area contributed by atoms with Crippen LogP contribution in [0.1, 0.15) is 40.7 Å².